The summed E-state index contributed by atoms with van der Waals surface area (Å²) in [6, 6.07) is 9.30. The highest BCUT2D eigenvalue weighted by Crippen LogP contribution is 2.39. The van der Waals surface area contributed by atoms with Gasteiger partial charge in [0.1, 0.15) is 0 Å². The molecule has 0 N–H and O–H groups in total. The summed E-state index contributed by atoms with van der Waals surface area (Å²) >= 11 is 4.22. The molecule has 2 nitrogen and oxygen atoms in total. The number of esters is 1. The number of hydrogen-bond acceptors (Lipinski definition) is 4. The minimum atomic E-state index is -0.194. The monoisotopic (exact) mass is 348 g/mol. The summed E-state index contributed by atoms with van der Waals surface area (Å²) in [4.78, 5) is 12.1. The van der Waals surface area contributed by atoms with E-state index in [1.54, 1.807) is 0 Å². The molecule has 124 valence electrons. The molecule has 4 heteroatoms. The van der Waals surface area contributed by atoms with Gasteiger partial charge in [-0.05, 0) is 61.2 Å². The quantitative estimate of drug-likeness (QED) is 0.552. The van der Waals surface area contributed by atoms with Crippen LogP contribution in [0.5, 0.6) is 0 Å². The van der Waals surface area contributed by atoms with Crippen LogP contribution in [0, 0.1) is 11.8 Å². The van der Waals surface area contributed by atoms with E-state index in [1.165, 1.54) is 24.3 Å². The third kappa shape index (κ3) is 5.05. The first-order valence-electron chi connectivity index (χ1n) is 8.43. The summed E-state index contributed by atoms with van der Waals surface area (Å²) in [5.41, 5.74) is 0.647. The lowest BCUT2D eigenvalue weighted by Gasteiger charge is -2.32. The lowest BCUT2D eigenvalue weighted by atomic mass is 9.82. The van der Waals surface area contributed by atoms with E-state index < -0.39 is 0 Å². The Morgan fingerprint density at radius 1 is 1.04 bits per heavy atom. The van der Waals surface area contributed by atoms with Crippen molar-refractivity contribution in [3.8, 4) is 0 Å². The maximum Gasteiger partial charge on any atom is 0.338 e. The molecule has 23 heavy (non-hydrogen) atoms. The second kappa shape index (κ2) is 8.84. The number of ether oxygens (including phenoxy) is 1. The number of carbonyl (C=O) groups is 1. The molecule has 0 spiro atoms. The third-order valence-electron chi connectivity index (χ3n) is 4.54. The zero-order valence-corrected chi connectivity index (χ0v) is 15.0. The van der Waals surface area contributed by atoms with Crippen LogP contribution in [0.2, 0.25) is 0 Å². The Morgan fingerprint density at radius 3 is 2.48 bits per heavy atom. The molecule has 1 aromatic carbocycles. The number of thioether (sulfide) groups is 2. The van der Waals surface area contributed by atoms with Crippen molar-refractivity contribution < 1.29 is 9.53 Å². The van der Waals surface area contributed by atoms with Crippen molar-refractivity contribution in [3.05, 3.63) is 48.0 Å². The highest BCUT2D eigenvalue weighted by Gasteiger charge is 2.28. The van der Waals surface area contributed by atoms with Crippen LogP contribution in [0.4, 0.5) is 0 Å². The van der Waals surface area contributed by atoms with E-state index in [9.17, 15) is 4.79 Å². The SMILES string of the molecule is O=C(OC[C@H]1CC=CC[C@@H]1CC1SCCCS1)c1ccccc1. The van der Waals surface area contributed by atoms with Gasteiger partial charge in [0.2, 0.25) is 0 Å². The molecule has 0 radical (unpaired) electrons. The number of allylic oxidation sites excluding steroid dienone is 2. The van der Waals surface area contributed by atoms with Gasteiger partial charge in [-0.2, -0.15) is 0 Å². The molecule has 0 aromatic heterocycles. The number of rotatable bonds is 5. The molecule has 0 bridgehead atoms. The minimum Gasteiger partial charge on any atom is -0.462 e. The Morgan fingerprint density at radius 2 is 1.74 bits per heavy atom. The maximum absolute atomic E-state index is 12.1. The second-order valence-electron chi connectivity index (χ2n) is 6.19. The van der Waals surface area contributed by atoms with Crippen LogP contribution in [0.1, 0.15) is 36.0 Å². The van der Waals surface area contributed by atoms with Crippen molar-refractivity contribution in [3.63, 3.8) is 0 Å². The zero-order valence-electron chi connectivity index (χ0n) is 13.4. The van der Waals surface area contributed by atoms with Crippen LogP contribution in [-0.2, 0) is 4.74 Å². The molecule has 0 saturated carbocycles. The Hall–Kier alpha value is -0.870. The molecule has 1 heterocycles. The minimum absolute atomic E-state index is 0.194. The van der Waals surface area contributed by atoms with Crippen LogP contribution in [0.15, 0.2) is 42.5 Å². The molecular formula is C19H24O2S2. The third-order valence-corrected chi connectivity index (χ3v) is 7.53. The largest absolute Gasteiger partial charge is 0.462 e. The van der Waals surface area contributed by atoms with Crippen molar-refractivity contribution in [2.75, 3.05) is 18.1 Å². The van der Waals surface area contributed by atoms with Crippen LogP contribution in [0.3, 0.4) is 0 Å². The summed E-state index contributed by atoms with van der Waals surface area (Å²) < 4.78 is 6.33. The first-order valence-corrected chi connectivity index (χ1v) is 10.5. The van der Waals surface area contributed by atoms with Gasteiger partial charge >= 0.3 is 5.97 Å². The van der Waals surface area contributed by atoms with Crippen molar-refractivity contribution in [2.24, 2.45) is 11.8 Å². The van der Waals surface area contributed by atoms with Crippen molar-refractivity contribution in [2.45, 2.75) is 30.3 Å². The maximum atomic E-state index is 12.1. The molecule has 0 unspecified atom stereocenters. The van der Waals surface area contributed by atoms with Crippen molar-refractivity contribution >= 4 is 29.5 Å². The zero-order chi connectivity index (χ0) is 15.9. The van der Waals surface area contributed by atoms with Crippen LogP contribution >= 0.6 is 23.5 Å². The number of benzene rings is 1. The predicted molar refractivity (Wildman–Crippen MR) is 100 cm³/mol. The van der Waals surface area contributed by atoms with Gasteiger partial charge in [-0.15, -0.1) is 23.5 Å². The molecule has 1 fully saturated rings. The normalized spacial score (nSPS) is 25.2. The topological polar surface area (TPSA) is 26.3 Å². The summed E-state index contributed by atoms with van der Waals surface area (Å²) in [6.07, 6.45) is 9.30. The van der Waals surface area contributed by atoms with Gasteiger partial charge in [-0.1, -0.05) is 30.4 Å². The van der Waals surface area contributed by atoms with E-state index in [1.807, 2.05) is 30.3 Å². The Balaban J connectivity index is 1.52. The van der Waals surface area contributed by atoms with E-state index in [4.69, 9.17) is 4.74 Å². The standard InChI is InChI=1S/C19H24O2S2/c20-19(15-7-2-1-3-8-15)21-14-17-10-5-4-9-16(17)13-18-22-11-6-12-23-18/h1-5,7-8,16-18H,6,9-14H2/t16-,17-/m1/s1. The van der Waals surface area contributed by atoms with Gasteiger partial charge < -0.3 is 4.74 Å². The second-order valence-corrected chi connectivity index (χ2v) is 9.11. The summed E-state index contributed by atoms with van der Waals surface area (Å²) in [5, 5.41) is 0. The lowest BCUT2D eigenvalue weighted by molar-refractivity contribution is 0.0384. The molecule has 2 atom stereocenters. The Kier molecular flexibility index (Phi) is 6.52. The molecule has 1 saturated heterocycles. The number of hydrogen-bond donors (Lipinski definition) is 0. The van der Waals surface area contributed by atoms with E-state index in [-0.39, 0.29) is 5.97 Å². The van der Waals surface area contributed by atoms with E-state index in [0.29, 0.717) is 24.0 Å². The Bertz CT molecular complexity index is 523. The van der Waals surface area contributed by atoms with Gasteiger partial charge in [0.05, 0.1) is 16.8 Å². The van der Waals surface area contributed by atoms with Gasteiger partial charge in [-0.25, -0.2) is 4.79 Å². The smallest absolute Gasteiger partial charge is 0.338 e. The molecule has 1 aliphatic heterocycles. The first-order chi connectivity index (χ1) is 11.3. The Labute approximate surface area is 147 Å². The van der Waals surface area contributed by atoms with Crippen molar-refractivity contribution in [1.29, 1.82) is 0 Å². The molecule has 1 aliphatic carbocycles. The van der Waals surface area contributed by atoms with Crippen molar-refractivity contribution in [1.82, 2.24) is 0 Å². The summed E-state index contributed by atoms with van der Waals surface area (Å²) in [7, 11) is 0. The van der Waals surface area contributed by atoms with E-state index in [0.717, 1.165) is 17.4 Å². The molecule has 3 rings (SSSR count). The average molecular weight is 349 g/mol. The van der Waals surface area contributed by atoms with Crippen LogP contribution in [0.25, 0.3) is 0 Å². The summed E-state index contributed by atoms with van der Waals surface area (Å²) in [5.74, 6) is 3.52. The predicted octanol–water partition coefficient (Wildman–Crippen LogP) is 5.01. The van der Waals surface area contributed by atoms with Crippen LogP contribution < -0.4 is 0 Å². The number of carbonyl (C=O) groups excluding carboxylic acids is 1. The van der Waals surface area contributed by atoms with Crippen LogP contribution in [-0.4, -0.2) is 28.7 Å². The van der Waals surface area contributed by atoms with Gasteiger partial charge in [0.25, 0.3) is 0 Å². The molecule has 0 amide bonds. The highest BCUT2D eigenvalue weighted by atomic mass is 32.2. The molecular weight excluding hydrogens is 324 g/mol. The van der Waals surface area contributed by atoms with E-state index in [2.05, 4.69) is 35.7 Å². The lowest BCUT2D eigenvalue weighted by Crippen LogP contribution is -2.26. The van der Waals surface area contributed by atoms with Gasteiger partial charge in [-0.3, -0.25) is 0 Å². The molecule has 2 aliphatic rings. The van der Waals surface area contributed by atoms with Gasteiger partial charge in [0.15, 0.2) is 0 Å². The van der Waals surface area contributed by atoms with Gasteiger partial charge in [0, 0.05) is 0 Å². The molecule has 1 aromatic rings. The fourth-order valence-corrected chi connectivity index (χ4v) is 6.24. The first kappa shape index (κ1) is 17.0. The fraction of sp³-hybridized carbons (Fsp3) is 0.526. The fourth-order valence-electron chi connectivity index (χ4n) is 3.18. The summed E-state index contributed by atoms with van der Waals surface area (Å²) in [6.45, 7) is 0.546. The van der Waals surface area contributed by atoms with E-state index >= 15 is 0 Å². The average Bonchev–Trinajstić information content (AvgIpc) is 2.62. The highest BCUT2D eigenvalue weighted by molar-refractivity contribution is 8.17.